The lowest BCUT2D eigenvalue weighted by molar-refractivity contribution is 0.0946. The quantitative estimate of drug-likeness (QED) is 0.924. The highest BCUT2D eigenvalue weighted by Crippen LogP contribution is 2.38. The molecule has 98 valence electrons. The van der Waals surface area contributed by atoms with Gasteiger partial charge in [0, 0.05) is 18.3 Å². The Bertz CT molecular complexity index is 609. The van der Waals surface area contributed by atoms with Gasteiger partial charge in [0.2, 0.25) is 5.89 Å². The van der Waals surface area contributed by atoms with Gasteiger partial charge in [-0.25, -0.2) is 0 Å². The minimum absolute atomic E-state index is 0.192. The number of carbonyl (C=O) groups excluding carboxylic acids is 1. The number of hydrogen-bond acceptors (Lipinski definition) is 5. The van der Waals surface area contributed by atoms with Gasteiger partial charge >= 0.3 is 0 Å². The van der Waals surface area contributed by atoms with Gasteiger partial charge in [0.1, 0.15) is 0 Å². The molecule has 1 fully saturated rings. The summed E-state index contributed by atoms with van der Waals surface area (Å²) in [5, 5.41) is 6.86. The van der Waals surface area contributed by atoms with Crippen LogP contribution in [0.5, 0.6) is 0 Å². The van der Waals surface area contributed by atoms with Gasteiger partial charge in [-0.15, -0.1) is 0 Å². The summed E-state index contributed by atoms with van der Waals surface area (Å²) < 4.78 is 5.06. The van der Waals surface area contributed by atoms with Crippen LogP contribution in [0, 0.1) is 0 Å². The van der Waals surface area contributed by atoms with E-state index in [1.54, 1.807) is 6.07 Å². The first-order chi connectivity index (χ1) is 9.24. The lowest BCUT2D eigenvalue weighted by Gasteiger charge is -2.03. The van der Waals surface area contributed by atoms with Gasteiger partial charge < -0.3 is 9.84 Å². The van der Waals surface area contributed by atoms with Gasteiger partial charge in [0.25, 0.3) is 5.91 Å². The second-order valence-electron chi connectivity index (χ2n) is 4.36. The number of aromatic nitrogens is 3. The van der Waals surface area contributed by atoms with Crippen molar-refractivity contribution >= 4 is 17.5 Å². The SMILES string of the molecule is O=C(NCc1nc(C2CC2)no1)c1ccncc1Cl. The number of nitrogens with zero attached hydrogens (tertiary/aromatic N) is 3. The zero-order valence-electron chi connectivity index (χ0n) is 9.97. The van der Waals surface area contributed by atoms with E-state index in [9.17, 15) is 4.79 Å². The average Bonchev–Trinajstić information content (AvgIpc) is 3.16. The topological polar surface area (TPSA) is 80.9 Å². The summed E-state index contributed by atoms with van der Waals surface area (Å²) in [4.78, 5) is 19.9. The Morgan fingerprint density at radius 2 is 2.37 bits per heavy atom. The van der Waals surface area contributed by atoms with Crippen molar-refractivity contribution in [3.8, 4) is 0 Å². The van der Waals surface area contributed by atoms with Crippen LogP contribution in [0.4, 0.5) is 0 Å². The van der Waals surface area contributed by atoms with Crippen LogP contribution in [0.2, 0.25) is 5.02 Å². The molecule has 2 aromatic rings. The maximum absolute atomic E-state index is 11.9. The summed E-state index contributed by atoms with van der Waals surface area (Å²) in [6, 6.07) is 1.56. The Labute approximate surface area is 114 Å². The summed E-state index contributed by atoms with van der Waals surface area (Å²) in [7, 11) is 0. The first kappa shape index (κ1) is 12.1. The van der Waals surface area contributed by atoms with Crippen LogP contribution in [0.1, 0.15) is 40.8 Å². The third-order valence-electron chi connectivity index (χ3n) is 2.84. The molecule has 0 saturated heterocycles. The Morgan fingerprint density at radius 3 is 3.11 bits per heavy atom. The molecule has 6 nitrogen and oxygen atoms in total. The van der Waals surface area contributed by atoms with Crippen molar-refractivity contribution in [1.29, 1.82) is 0 Å². The van der Waals surface area contributed by atoms with Gasteiger partial charge in [-0.1, -0.05) is 16.8 Å². The molecule has 0 atom stereocenters. The fourth-order valence-electron chi connectivity index (χ4n) is 1.66. The summed E-state index contributed by atoms with van der Waals surface area (Å²) in [5.41, 5.74) is 0.374. The van der Waals surface area contributed by atoms with Crippen LogP contribution in [-0.4, -0.2) is 21.0 Å². The smallest absolute Gasteiger partial charge is 0.253 e. The second kappa shape index (κ2) is 4.97. The highest BCUT2D eigenvalue weighted by molar-refractivity contribution is 6.33. The molecule has 2 aromatic heterocycles. The van der Waals surface area contributed by atoms with E-state index in [-0.39, 0.29) is 12.5 Å². The Kier molecular flexibility index (Phi) is 3.16. The predicted octanol–water partition coefficient (Wildman–Crippen LogP) is 1.93. The average molecular weight is 279 g/mol. The molecule has 1 aliphatic rings. The molecule has 0 aliphatic heterocycles. The van der Waals surface area contributed by atoms with E-state index in [2.05, 4.69) is 20.4 Å². The molecule has 0 radical (unpaired) electrons. The Morgan fingerprint density at radius 1 is 1.53 bits per heavy atom. The van der Waals surface area contributed by atoms with Crippen LogP contribution in [-0.2, 0) is 6.54 Å². The number of hydrogen-bond donors (Lipinski definition) is 1. The normalized spacial score (nSPS) is 14.4. The van der Waals surface area contributed by atoms with Crippen molar-refractivity contribution in [3.05, 3.63) is 40.8 Å². The monoisotopic (exact) mass is 278 g/mol. The molecule has 1 aliphatic carbocycles. The van der Waals surface area contributed by atoms with E-state index in [1.165, 1.54) is 12.4 Å². The molecule has 2 heterocycles. The van der Waals surface area contributed by atoms with Crippen molar-refractivity contribution < 1.29 is 9.32 Å². The number of nitrogens with one attached hydrogen (secondary N) is 1. The van der Waals surface area contributed by atoms with Crippen LogP contribution in [0.25, 0.3) is 0 Å². The molecule has 7 heteroatoms. The van der Waals surface area contributed by atoms with Gasteiger partial charge in [0.15, 0.2) is 5.82 Å². The van der Waals surface area contributed by atoms with Gasteiger partial charge in [0.05, 0.1) is 17.1 Å². The first-order valence-corrected chi connectivity index (χ1v) is 6.32. The zero-order valence-corrected chi connectivity index (χ0v) is 10.7. The lowest BCUT2D eigenvalue weighted by atomic mass is 10.2. The van der Waals surface area contributed by atoms with Gasteiger partial charge in [-0.05, 0) is 18.9 Å². The summed E-state index contributed by atoms with van der Waals surface area (Å²) >= 11 is 5.88. The van der Waals surface area contributed by atoms with Crippen molar-refractivity contribution in [1.82, 2.24) is 20.4 Å². The minimum atomic E-state index is -0.293. The van der Waals surface area contributed by atoms with Crippen LogP contribution >= 0.6 is 11.6 Å². The molecule has 0 aromatic carbocycles. The molecule has 1 N–H and O–H groups in total. The maximum Gasteiger partial charge on any atom is 0.253 e. The highest BCUT2D eigenvalue weighted by Gasteiger charge is 2.28. The molecule has 0 spiro atoms. The van der Waals surface area contributed by atoms with E-state index in [0.717, 1.165) is 18.7 Å². The molecular formula is C12H11ClN4O2. The van der Waals surface area contributed by atoms with Crippen LogP contribution in [0.3, 0.4) is 0 Å². The van der Waals surface area contributed by atoms with Gasteiger partial charge in [-0.3, -0.25) is 9.78 Å². The molecular weight excluding hydrogens is 268 g/mol. The molecule has 0 unspecified atom stereocenters. The summed E-state index contributed by atoms with van der Waals surface area (Å²) in [6.07, 6.45) is 5.16. The maximum atomic E-state index is 11.9. The first-order valence-electron chi connectivity index (χ1n) is 5.94. The number of halogens is 1. The van der Waals surface area contributed by atoms with E-state index in [0.29, 0.717) is 22.4 Å². The van der Waals surface area contributed by atoms with Gasteiger partial charge in [-0.2, -0.15) is 4.98 Å². The molecule has 1 saturated carbocycles. The van der Waals surface area contributed by atoms with E-state index >= 15 is 0 Å². The molecule has 3 rings (SSSR count). The van der Waals surface area contributed by atoms with Crippen molar-refractivity contribution in [2.45, 2.75) is 25.3 Å². The van der Waals surface area contributed by atoms with E-state index in [1.807, 2.05) is 0 Å². The third kappa shape index (κ3) is 2.73. The fraction of sp³-hybridized carbons (Fsp3) is 0.333. The Hall–Kier alpha value is -1.95. The zero-order chi connectivity index (χ0) is 13.2. The lowest BCUT2D eigenvalue weighted by Crippen LogP contribution is -2.23. The number of rotatable bonds is 4. The minimum Gasteiger partial charge on any atom is -0.343 e. The largest absolute Gasteiger partial charge is 0.343 e. The van der Waals surface area contributed by atoms with Crippen molar-refractivity contribution in [3.63, 3.8) is 0 Å². The van der Waals surface area contributed by atoms with E-state index < -0.39 is 0 Å². The van der Waals surface area contributed by atoms with Crippen molar-refractivity contribution in [2.24, 2.45) is 0 Å². The predicted molar refractivity (Wildman–Crippen MR) is 66.7 cm³/mol. The highest BCUT2D eigenvalue weighted by atomic mass is 35.5. The fourth-order valence-corrected chi connectivity index (χ4v) is 1.86. The third-order valence-corrected chi connectivity index (χ3v) is 3.14. The van der Waals surface area contributed by atoms with Crippen LogP contribution in [0.15, 0.2) is 23.0 Å². The number of carbonyl (C=O) groups is 1. The molecule has 0 bridgehead atoms. The standard InChI is InChI=1S/C12H11ClN4O2/c13-9-5-14-4-3-8(9)12(18)15-6-10-16-11(17-19-10)7-1-2-7/h3-5,7H,1-2,6H2,(H,15,18). The van der Waals surface area contributed by atoms with E-state index in [4.69, 9.17) is 16.1 Å². The second-order valence-corrected chi connectivity index (χ2v) is 4.77. The van der Waals surface area contributed by atoms with Crippen LogP contribution < -0.4 is 5.32 Å². The Balaban J connectivity index is 1.62. The van der Waals surface area contributed by atoms with Crippen molar-refractivity contribution in [2.75, 3.05) is 0 Å². The number of amides is 1. The summed E-state index contributed by atoms with van der Waals surface area (Å²) in [5.74, 6) is 1.27. The molecule has 19 heavy (non-hydrogen) atoms. The number of pyridine rings is 1. The molecule has 1 amide bonds. The summed E-state index contributed by atoms with van der Waals surface area (Å²) in [6.45, 7) is 0.192.